The summed E-state index contributed by atoms with van der Waals surface area (Å²) in [5, 5.41) is 2.90. The average molecular weight is 336 g/mol. The first-order chi connectivity index (χ1) is 11.0. The molecular weight excluding hydrogens is 320 g/mol. The van der Waals surface area contributed by atoms with E-state index in [1.165, 1.54) is 12.4 Å². The number of carbonyl (C=O) groups excluding carboxylic acids is 2. The summed E-state index contributed by atoms with van der Waals surface area (Å²) in [5.74, 6) is -0.601. The third-order valence-corrected chi connectivity index (χ3v) is 3.70. The number of ether oxygens (including phenoxy) is 2. The second-order valence-corrected chi connectivity index (χ2v) is 5.28. The topological polar surface area (TPSA) is 103 Å². The first-order valence-corrected chi connectivity index (χ1v) is 7.77. The van der Waals surface area contributed by atoms with Crippen LogP contribution in [0.5, 0.6) is 5.88 Å². The molecule has 122 valence electrons. The standard InChI is InChI=1S/C14H16N4O4S/c1-4-21-10-6-9(15-7-16-10)12(19)18-14-17-8(3)11(23-14)13(20)22-5-2/h6-7H,4-5H2,1-3H3,(H,17,18,19). The minimum Gasteiger partial charge on any atom is -0.478 e. The van der Waals surface area contributed by atoms with Crippen molar-refractivity contribution in [3.8, 4) is 5.88 Å². The van der Waals surface area contributed by atoms with Crippen molar-refractivity contribution in [3.05, 3.63) is 28.7 Å². The van der Waals surface area contributed by atoms with Gasteiger partial charge in [-0.05, 0) is 20.8 Å². The van der Waals surface area contributed by atoms with Crippen LogP contribution >= 0.6 is 11.3 Å². The van der Waals surface area contributed by atoms with Crippen LogP contribution in [0.3, 0.4) is 0 Å². The maximum absolute atomic E-state index is 12.2. The molecule has 0 radical (unpaired) electrons. The predicted molar refractivity (Wildman–Crippen MR) is 84.0 cm³/mol. The Balaban J connectivity index is 2.13. The number of amides is 1. The molecular formula is C14H16N4O4S. The number of esters is 1. The maximum atomic E-state index is 12.2. The molecule has 0 unspecified atom stereocenters. The van der Waals surface area contributed by atoms with Crippen molar-refractivity contribution in [2.24, 2.45) is 0 Å². The molecule has 2 heterocycles. The van der Waals surface area contributed by atoms with E-state index in [0.29, 0.717) is 28.2 Å². The van der Waals surface area contributed by atoms with Crippen molar-refractivity contribution < 1.29 is 19.1 Å². The Labute approximate surface area is 136 Å². The Bertz CT molecular complexity index is 717. The van der Waals surface area contributed by atoms with E-state index in [9.17, 15) is 9.59 Å². The summed E-state index contributed by atoms with van der Waals surface area (Å²) >= 11 is 1.05. The van der Waals surface area contributed by atoms with Gasteiger partial charge in [-0.1, -0.05) is 11.3 Å². The Morgan fingerprint density at radius 2 is 2.04 bits per heavy atom. The van der Waals surface area contributed by atoms with Crippen LogP contribution in [-0.4, -0.2) is 40.0 Å². The number of nitrogens with one attached hydrogen (secondary N) is 1. The highest BCUT2D eigenvalue weighted by Gasteiger charge is 2.18. The number of nitrogens with zero attached hydrogens (tertiary/aromatic N) is 3. The molecule has 0 saturated carbocycles. The largest absolute Gasteiger partial charge is 0.478 e. The van der Waals surface area contributed by atoms with E-state index in [1.807, 2.05) is 6.92 Å². The minimum absolute atomic E-state index is 0.147. The van der Waals surface area contributed by atoms with Gasteiger partial charge in [0.25, 0.3) is 5.91 Å². The molecule has 0 aliphatic heterocycles. The number of aromatic nitrogens is 3. The highest BCUT2D eigenvalue weighted by molar-refractivity contribution is 7.17. The molecule has 0 aliphatic rings. The molecule has 8 nitrogen and oxygen atoms in total. The van der Waals surface area contributed by atoms with Gasteiger partial charge in [0, 0.05) is 6.07 Å². The van der Waals surface area contributed by atoms with Crippen molar-refractivity contribution >= 4 is 28.3 Å². The molecule has 1 amide bonds. The van der Waals surface area contributed by atoms with Gasteiger partial charge in [-0.15, -0.1) is 0 Å². The monoisotopic (exact) mass is 336 g/mol. The van der Waals surface area contributed by atoms with Crippen molar-refractivity contribution in [1.29, 1.82) is 0 Å². The SMILES string of the molecule is CCOC(=O)c1sc(NC(=O)c2cc(OCC)ncn2)nc1C. The fourth-order valence-electron chi connectivity index (χ4n) is 1.69. The summed E-state index contributed by atoms with van der Waals surface area (Å²) in [6.45, 7) is 5.93. The van der Waals surface area contributed by atoms with E-state index >= 15 is 0 Å². The molecule has 9 heteroatoms. The van der Waals surface area contributed by atoms with Gasteiger partial charge >= 0.3 is 5.97 Å². The highest BCUT2D eigenvalue weighted by atomic mass is 32.1. The molecule has 2 aromatic rings. The minimum atomic E-state index is -0.461. The van der Waals surface area contributed by atoms with E-state index in [-0.39, 0.29) is 12.3 Å². The van der Waals surface area contributed by atoms with Gasteiger partial charge in [0.1, 0.15) is 16.9 Å². The number of hydrogen-bond donors (Lipinski definition) is 1. The molecule has 1 N–H and O–H groups in total. The first kappa shape index (κ1) is 16.8. The quantitative estimate of drug-likeness (QED) is 0.805. The Hall–Kier alpha value is -2.55. The second-order valence-electron chi connectivity index (χ2n) is 4.28. The van der Waals surface area contributed by atoms with Gasteiger partial charge in [-0.2, -0.15) is 0 Å². The molecule has 0 bridgehead atoms. The Morgan fingerprint density at radius 1 is 1.26 bits per heavy atom. The first-order valence-electron chi connectivity index (χ1n) is 6.95. The summed E-state index contributed by atoms with van der Waals surface area (Å²) < 4.78 is 10.2. The Kier molecular flexibility index (Phi) is 5.58. The van der Waals surface area contributed by atoms with Gasteiger partial charge in [-0.3, -0.25) is 10.1 Å². The van der Waals surface area contributed by atoms with Crippen LogP contribution in [0.4, 0.5) is 5.13 Å². The average Bonchev–Trinajstić information content (AvgIpc) is 2.89. The third kappa shape index (κ3) is 4.22. The lowest BCUT2D eigenvalue weighted by molar-refractivity contribution is 0.0531. The molecule has 0 atom stereocenters. The molecule has 2 aromatic heterocycles. The van der Waals surface area contributed by atoms with Crippen LogP contribution in [0.1, 0.15) is 39.7 Å². The molecule has 0 saturated heterocycles. The number of carbonyl (C=O) groups is 2. The van der Waals surface area contributed by atoms with Gasteiger partial charge in [-0.25, -0.2) is 19.7 Å². The van der Waals surface area contributed by atoms with Crippen molar-refractivity contribution in [2.75, 3.05) is 18.5 Å². The summed E-state index contributed by atoms with van der Waals surface area (Å²) in [5.41, 5.74) is 0.649. The van der Waals surface area contributed by atoms with E-state index in [1.54, 1.807) is 13.8 Å². The predicted octanol–water partition coefficient (Wildman–Crippen LogP) is 2.07. The zero-order chi connectivity index (χ0) is 16.8. The Morgan fingerprint density at radius 3 is 2.74 bits per heavy atom. The van der Waals surface area contributed by atoms with Crippen molar-refractivity contribution in [2.45, 2.75) is 20.8 Å². The molecule has 2 rings (SSSR count). The van der Waals surface area contributed by atoms with Crippen molar-refractivity contribution in [1.82, 2.24) is 15.0 Å². The van der Waals surface area contributed by atoms with E-state index < -0.39 is 11.9 Å². The molecule has 23 heavy (non-hydrogen) atoms. The van der Waals surface area contributed by atoms with Crippen LogP contribution in [0.25, 0.3) is 0 Å². The third-order valence-electron chi connectivity index (χ3n) is 2.64. The van der Waals surface area contributed by atoms with E-state index in [2.05, 4.69) is 20.3 Å². The van der Waals surface area contributed by atoms with Crippen LogP contribution < -0.4 is 10.1 Å². The van der Waals surface area contributed by atoms with Crippen LogP contribution in [-0.2, 0) is 4.74 Å². The zero-order valence-corrected chi connectivity index (χ0v) is 13.8. The lowest BCUT2D eigenvalue weighted by atomic mass is 10.4. The number of thiazole rings is 1. The molecule has 0 aromatic carbocycles. The van der Waals surface area contributed by atoms with Gasteiger partial charge in [0.2, 0.25) is 5.88 Å². The van der Waals surface area contributed by atoms with E-state index in [4.69, 9.17) is 9.47 Å². The molecule has 0 spiro atoms. The number of rotatable bonds is 6. The fraction of sp³-hybridized carbons (Fsp3) is 0.357. The van der Waals surface area contributed by atoms with Crippen LogP contribution in [0, 0.1) is 6.92 Å². The summed E-state index contributed by atoms with van der Waals surface area (Å²) in [4.78, 5) is 36.2. The number of anilines is 1. The number of aryl methyl sites for hydroxylation is 1. The zero-order valence-electron chi connectivity index (χ0n) is 13.0. The van der Waals surface area contributed by atoms with Crippen LogP contribution in [0.15, 0.2) is 12.4 Å². The number of hydrogen-bond acceptors (Lipinski definition) is 8. The molecule has 0 aliphatic carbocycles. The van der Waals surface area contributed by atoms with Crippen molar-refractivity contribution in [3.63, 3.8) is 0 Å². The van der Waals surface area contributed by atoms with E-state index in [0.717, 1.165) is 11.3 Å². The lowest BCUT2D eigenvalue weighted by Crippen LogP contribution is -2.14. The lowest BCUT2D eigenvalue weighted by Gasteiger charge is -2.03. The summed E-state index contributed by atoms with van der Waals surface area (Å²) in [6.07, 6.45) is 1.25. The molecule has 0 fully saturated rings. The smallest absolute Gasteiger partial charge is 0.350 e. The highest BCUT2D eigenvalue weighted by Crippen LogP contribution is 2.24. The summed E-state index contributed by atoms with van der Waals surface area (Å²) in [7, 11) is 0. The second kappa shape index (κ2) is 7.63. The van der Waals surface area contributed by atoms with Gasteiger partial charge in [0.15, 0.2) is 5.13 Å². The van der Waals surface area contributed by atoms with Gasteiger partial charge < -0.3 is 9.47 Å². The van der Waals surface area contributed by atoms with Crippen LogP contribution in [0.2, 0.25) is 0 Å². The normalized spacial score (nSPS) is 10.2. The maximum Gasteiger partial charge on any atom is 0.350 e. The summed E-state index contributed by atoms with van der Waals surface area (Å²) in [6, 6.07) is 1.44. The fourth-order valence-corrected chi connectivity index (χ4v) is 2.54. The van der Waals surface area contributed by atoms with Gasteiger partial charge in [0.05, 0.1) is 18.9 Å².